The molecule has 6 heteroatoms. The highest BCUT2D eigenvalue weighted by Gasteiger charge is 2.24. The fourth-order valence-electron chi connectivity index (χ4n) is 1.92. The first-order chi connectivity index (χ1) is 7.58. The van der Waals surface area contributed by atoms with E-state index in [1.54, 1.807) is 0 Å². The monoisotopic (exact) mass is 222 g/mol. The fraction of sp³-hybridized carbons (Fsp3) is 0.500. The number of rotatable bonds is 2. The first kappa shape index (κ1) is 10.8. The van der Waals surface area contributed by atoms with Crippen molar-refractivity contribution in [3.63, 3.8) is 0 Å². The van der Waals surface area contributed by atoms with Crippen molar-refractivity contribution in [3.8, 4) is 0 Å². The standard InChI is InChI=1S/C10H14N4O2/c1-14-3-2-6(5-14)9-12-4-7(10(15)16)8(11)13-9/h4,6H,2-3,5H2,1H3,(H,15,16)(H2,11,12,13). The molecule has 1 aromatic heterocycles. The van der Waals surface area contributed by atoms with Crippen LogP contribution in [0.1, 0.15) is 28.5 Å². The lowest BCUT2D eigenvalue weighted by molar-refractivity contribution is 0.0697. The molecule has 0 aliphatic carbocycles. The first-order valence-corrected chi connectivity index (χ1v) is 5.12. The van der Waals surface area contributed by atoms with Crippen LogP contribution in [0.2, 0.25) is 0 Å². The minimum atomic E-state index is -1.09. The summed E-state index contributed by atoms with van der Waals surface area (Å²) < 4.78 is 0. The van der Waals surface area contributed by atoms with Crippen molar-refractivity contribution in [1.82, 2.24) is 14.9 Å². The van der Waals surface area contributed by atoms with E-state index in [1.165, 1.54) is 6.20 Å². The van der Waals surface area contributed by atoms with Gasteiger partial charge in [-0.1, -0.05) is 0 Å². The molecule has 0 aromatic carbocycles. The van der Waals surface area contributed by atoms with Crippen molar-refractivity contribution in [2.45, 2.75) is 12.3 Å². The number of carboxylic acids is 1. The zero-order chi connectivity index (χ0) is 11.7. The van der Waals surface area contributed by atoms with Gasteiger partial charge in [-0.15, -0.1) is 0 Å². The molecule has 1 aliphatic rings. The quantitative estimate of drug-likeness (QED) is 0.741. The Morgan fingerprint density at radius 1 is 1.69 bits per heavy atom. The predicted octanol–water partition coefficient (Wildman–Crippen LogP) is 0.176. The van der Waals surface area contributed by atoms with Gasteiger partial charge >= 0.3 is 5.97 Å². The smallest absolute Gasteiger partial charge is 0.341 e. The van der Waals surface area contributed by atoms with Crippen molar-refractivity contribution in [1.29, 1.82) is 0 Å². The average molecular weight is 222 g/mol. The van der Waals surface area contributed by atoms with Crippen molar-refractivity contribution in [2.24, 2.45) is 0 Å². The van der Waals surface area contributed by atoms with Gasteiger partial charge < -0.3 is 15.7 Å². The van der Waals surface area contributed by atoms with Gasteiger partial charge in [0, 0.05) is 18.7 Å². The number of aromatic carboxylic acids is 1. The SMILES string of the molecule is CN1CCC(c2ncc(C(=O)O)c(N)n2)C1. The molecular weight excluding hydrogens is 208 g/mol. The van der Waals surface area contributed by atoms with E-state index in [0.717, 1.165) is 19.5 Å². The number of carbonyl (C=O) groups is 1. The molecule has 2 heterocycles. The number of hydrogen-bond acceptors (Lipinski definition) is 5. The summed E-state index contributed by atoms with van der Waals surface area (Å²) in [7, 11) is 2.04. The van der Waals surface area contributed by atoms with Crippen LogP contribution in [0.15, 0.2) is 6.20 Å². The third kappa shape index (κ3) is 1.96. The molecule has 0 spiro atoms. The summed E-state index contributed by atoms with van der Waals surface area (Å²) >= 11 is 0. The van der Waals surface area contributed by atoms with Crippen LogP contribution in [-0.2, 0) is 0 Å². The van der Waals surface area contributed by atoms with E-state index in [2.05, 4.69) is 14.9 Å². The highest BCUT2D eigenvalue weighted by Crippen LogP contribution is 2.24. The van der Waals surface area contributed by atoms with E-state index in [-0.39, 0.29) is 17.3 Å². The number of likely N-dealkylation sites (N-methyl/N-ethyl adjacent to an activating group) is 1. The molecule has 2 rings (SSSR count). The summed E-state index contributed by atoms with van der Waals surface area (Å²) in [6, 6.07) is 0. The van der Waals surface area contributed by atoms with Crippen LogP contribution >= 0.6 is 0 Å². The Labute approximate surface area is 93.1 Å². The third-order valence-electron chi connectivity index (χ3n) is 2.82. The minimum Gasteiger partial charge on any atom is -0.477 e. The Kier molecular flexibility index (Phi) is 2.74. The van der Waals surface area contributed by atoms with Crippen LogP contribution in [0.3, 0.4) is 0 Å². The second-order valence-corrected chi connectivity index (χ2v) is 4.08. The molecule has 1 unspecified atom stereocenters. The Morgan fingerprint density at radius 3 is 2.94 bits per heavy atom. The molecule has 0 amide bonds. The van der Waals surface area contributed by atoms with Crippen molar-refractivity contribution in [3.05, 3.63) is 17.6 Å². The van der Waals surface area contributed by atoms with Gasteiger partial charge in [0.1, 0.15) is 17.2 Å². The largest absolute Gasteiger partial charge is 0.477 e. The molecule has 0 saturated carbocycles. The molecule has 86 valence electrons. The second kappa shape index (κ2) is 4.05. The lowest BCUT2D eigenvalue weighted by Gasteiger charge is -2.10. The number of anilines is 1. The maximum atomic E-state index is 10.7. The van der Waals surface area contributed by atoms with Crippen LogP contribution in [0.25, 0.3) is 0 Å². The number of aromatic nitrogens is 2. The van der Waals surface area contributed by atoms with E-state index in [1.807, 2.05) is 7.05 Å². The van der Waals surface area contributed by atoms with E-state index in [4.69, 9.17) is 10.8 Å². The number of nitrogens with two attached hydrogens (primary N) is 1. The Hall–Kier alpha value is -1.69. The molecule has 0 bridgehead atoms. The normalized spacial score (nSPS) is 21.2. The minimum absolute atomic E-state index is 0.0323. The van der Waals surface area contributed by atoms with Gasteiger partial charge in [-0.3, -0.25) is 0 Å². The van der Waals surface area contributed by atoms with Gasteiger partial charge in [-0.05, 0) is 20.0 Å². The average Bonchev–Trinajstić information content (AvgIpc) is 2.64. The van der Waals surface area contributed by atoms with Crippen LogP contribution < -0.4 is 5.73 Å². The van der Waals surface area contributed by atoms with Crippen LogP contribution in [-0.4, -0.2) is 46.1 Å². The molecule has 3 N–H and O–H groups in total. The fourth-order valence-corrected chi connectivity index (χ4v) is 1.92. The number of nitrogens with zero attached hydrogens (tertiary/aromatic N) is 3. The number of carboxylic acid groups (broad SMARTS) is 1. The molecule has 1 atom stereocenters. The number of nitrogen functional groups attached to an aromatic ring is 1. The summed E-state index contributed by atoms with van der Waals surface area (Å²) in [5.41, 5.74) is 5.55. The molecular formula is C10H14N4O2. The summed E-state index contributed by atoms with van der Waals surface area (Å²) in [6.45, 7) is 1.90. The number of likely N-dealkylation sites (tertiary alicyclic amines) is 1. The van der Waals surface area contributed by atoms with E-state index >= 15 is 0 Å². The van der Waals surface area contributed by atoms with Gasteiger partial charge in [-0.25, -0.2) is 14.8 Å². The maximum absolute atomic E-state index is 10.7. The Balaban J connectivity index is 2.24. The Morgan fingerprint density at radius 2 is 2.44 bits per heavy atom. The topological polar surface area (TPSA) is 92.3 Å². The second-order valence-electron chi connectivity index (χ2n) is 4.08. The van der Waals surface area contributed by atoms with Crippen LogP contribution in [0.5, 0.6) is 0 Å². The van der Waals surface area contributed by atoms with Crippen LogP contribution in [0, 0.1) is 0 Å². The first-order valence-electron chi connectivity index (χ1n) is 5.12. The highest BCUT2D eigenvalue weighted by atomic mass is 16.4. The molecule has 1 aliphatic heterocycles. The summed E-state index contributed by atoms with van der Waals surface area (Å²) in [4.78, 5) is 21.1. The summed E-state index contributed by atoms with van der Waals surface area (Å²) in [5.74, 6) is -0.137. The van der Waals surface area contributed by atoms with Gasteiger partial charge in [0.15, 0.2) is 0 Å². The molecule has 16 heavy (non-hydrogen) atoms. The molecule has 6 nitrogen and oxygen atoms in total. The molecule has 0 radical (unpaired) electrons. The molecule has 1 saturated heterocycles. The molecule has 1 fully saturated rings. The van der Waals surface area contributed by atoms with Crippen molar-refractivity contribution < 1.29 is 9.90 Å². The highest BCUT2D eigenvalue weighted by molar-refractivity contribution is 5.92. The third-order valence-corrected chi connectivity index (χ3v) is 2.82. The van der Waals surface area contributed by atoms with Crippen LogP contribution in [0.4, 0.5) is 5.82 Å². The zero-order valence-electron chi connectivity index (χ0n) is 9.05. The molecule has 1 aromatic rings. The van der Waals surface area contributed by atoms with E-state index < -0.39 is 5.97 Å². The number of hydrogen-bond donors (Lipinski definition) is 2. The summed E-state index contributed by atoms with van der Waals surface area (Å²) in [6.07, 6.45) is 2.28. The van der Waals surface area contributed by atoms with Crippen molar-refractivity contribution >= 4 is 11.8 Å². The van der Waals surface area contributed by atoms with Gasteiger partial charge in [0.25, 0.3) is 0 Å². The predicted molar refractivity (Wildman–Crippen MR) is 58.3 cm³/mol. The van der Waals surface area contributed by atoms with Gasteiger partial charge in [0.05, 0.1) is 0 Å². The zero-order valence-corrected chi connectivity index (χ0v) is 9.05. The lowest BCUT2D eigenvalue weighted by atomic mass is 10.1. The summed E-state index contributed by atoms with van der Waals surface area (Å²) in [5, 5.41) is 8.80. The lowest BCUT2D eigenvalue weighted by Crippen LogP contribution is -2.15. The Bertz CT molecular complexity index is 421. The maximum Gasteiger partial charge on any atom is 0.341 e. The van der Waals surface area contributed by atoms with E-state index in [0.29, 0.717) is 5.82 Å². The van der Waals surface area contributed by atoms with Gasteiger partial charge in [-0.2, -0.15) is 0 Å². The van der Waals surface area contributed by atoms with Gasteiger partial charge in [0.2, 0.25) is 0 Å². The van der Waals surface area contributed by atoms with E-state index in [9.17, 15) is 4.79 Å². The van der Waals surface area contributed by atoms with Crippen molar-refractivity contribution in [2.75, 3.05) is 25.9 Å².